The van der Waals surface area contributed by atoms with E-state index in [1.807, 2.05) is 42.5 Å². The minimum atomic E-state index is -1.06. The lowest BCUT2D eigenvalue weighted by Gasteiger charge is -2.24. The molecule has 1 unspecified atom stereocenters. The molecule has 1 atom stereocenters. The highest BCUT2D eigenvalue weighted by molar-refractivity contribution is 9.10. The van der Waals surface area contributed by atoms with Crippen molar-refractivity contribution in [2.75, 3.05) is 32.2 Å². The third kappa shape index (κ3) is 4.05. The quantitative estimate of drug-likeness (QED) is 0.608. The molecule has 0 aromatic heterocycles. The van der Waals surface area contributed by atoms with Gasteiger partial charge in [0.2, 0.25) is 0 Å². The van der Waals surface area contributed by atoms with Gasteiger partial charge in [-0.15, -0.1) is 0 Å². The van der Waals surface area contributed by atoms with Crippen LogP contribution in [0.5, 0.6) is 11.5 Å². The second kappa shape index (κ2) is 9.06. The van der Waals surface area contributed by atoms with Gasteiger partial charge < -0.3 is 31.6 Å². The molecule has 5 nitrogen and oxygen atoms in total. The first-order chi connectivity index (χ1) is 13.6. The van der Waals surface area contributed by atoms with E-state index in [0.717, 1.165) is 58.9 Å². The lowest BCUT2D eigenvalue weighted by molar-refractivity contribution is -0.658. The Hall–Kier alpha value is -1.57. The highest BCUT2D eigenvalue weighted by Gasteiger charge is 2.52. The largest absolute Gasteiger partial charge is 1.00 e. The Morgan fingerprint density at radius 2 is 1.79 bits per heavy atom. The molecule has 0 aliphatic carbocycles. The molecule has 7 heteroatoms. The molecule has 2 aliphatic rings. The van der Waals surface area contributed by atoms with Gasteiger partial charge in [-0.25, -0.2) is 9.48 Å². The molecule has 0 fully saturated rings. The van der Waals surface area contributed by atoms with Crippen molar-refractivity contribution in [3.8, 4) is 11.5 Å². The van der Waals surface area contributed by atoms with Crippen LogP contribution in [0.1, 0.15) is 31.2 Å². The number of amidine groups is 1. The predicted molar refractivity (Wildman–Crippen MR) is 114 cm³/mol. The number of hydrogen-bond acceptors (Lipinski definition) is 4. The first kappa shape index (κ1) is 22.1. The number of ether oxygens (including phenoxy) is 2. The van der Waals surface area contributed by atoms with E-state index in [9.17, 15) is 5.11 Å². The Morgan fingerprint density at radius 3 is 2.48 bits per heavy atom. The van der Waals surface area contributed by atoms with Crippen LogP contribution in [0.15, 0.2) is 46.9 Å². The van der Waals surface area contributed by atoms with Crippen LogP contribution in [0.25, 0.3) is 0 Å². The van der Waals surface area contributed by atoms with Gasteiger partial charge in [0, 0.05) is 22.5 Å². The molecule has 2 heterocycles. The van der Waals surface area contributed by atoms with Crippen LogP contribution in [-0.4, -0.2) is 42.8 Å². The summed E-state index contributed by atoms with van der Waals surface area (Å²) >= 11 is 3.49. The zero-order valence-corrected chi connectivity index (χ0v) is 19.9. The highest BCUT2D eigenvalue weighted by atomic mass is 79.9. The number of aliphatic hydroxyl groups is 1. The lowest BCUT2D eigenvalue weighted by Crippen LogP contribution is -3.00. The molecule has 0 amide bonds. The number of rotatable bonds is 4. The van der Waals surface area contributed by atoms with Crippen molar-refractivity contribution in [2.24, 2.45) is 0 Å². The van der Waals surface area contributed by atoms with E-state index in [1.54, 1.807) is 14.2 Å². The third-order valence-corrected chi connectivity index (χ3v) is 6.24. The number of β-amino-alcohol motifs (C(OH)–C–C–N with tert-alkyl or cyclic N) is 1. The minimum absolute atomic E-state index is 0. The number of halogens is 2. The Labute approximate surface area is 190 Å². The summed E-state index contributed by atoms with van der Waals surface area (Å²) in [6.45, 7) is 1.31. The standard InChI is InChI=1S/C22H26BrN2O3.BrH/c1-27-18-11-12-19(20(14-18)28-2)24-15-22(26,16-7-9-17(23)10-8-16)25-13-5-3-4-6-21(24)25;/h7-12,14,26H,3-6,13,15H2,1-2H3;1H/q+1;/p-1. The van der Waals surface area contributed by atoms with Gasteiger partial charge in [-0.3, -0.25) is 0 Å². The molecule has 29 heavy (non-hydrogen) atoms. The molecule has 156 valence electrons. The van der Waals surface area contributed by atoms with Crippen molar-refractivity contribution in [1.82, 2.24) is 0 Å². The first-order valence-corrected chi connectivity index (χ1v) is 10.5. The van der Waals surface area contributed by atoms with E-state index in [-0.39, 0.29) is 17.0 Å². The number of methoxy groups -OCH3 is 2. The molecule has 2 aromatic rings. The van der Waals surface area contributed by atoms with Crippen LogP contribution in [0, 0.1) is 0 Å². The van der Waals surface area contributed by atoms with E-state index < -0.39 is 5.72 Å². The number of hydrogen-bond donors (Lipinski definition) is 1. The smallest absolute Gasteiger partial charge is 0.271 e. The predicted octanol–water partition coefficient (Wildman–Crippen LogP) is 1.12. The number of benzene rings is 2. The fourth-order valence-corrected chi connectivity index (χ4v) is 4.53. The summed E-state index contributed by atoms with van der Waals surface area (Å²) in [7, 11) is 3.32. The average molecular weight is 526 g/mol. The van der Waals surface area contributed by atoms with Gasteiger partial charge in [0.05, 0.1) is 20.8 Å². The Kier molecular flexibility index (Phi) is 6.91. The summed E-state index contributed by atoms with van der Waals surface area (Å²) in [5, 5.41) is 11.9. The van der Waals surface area contributed by atoms with E-state index in [0.29, 0.717) is 6.54 Å². The minimum Gasteiger partial charge on any atom is -1.00 e. The normalized spacial score (nSPS) is 21.3. The summed E-state index contributed by atoms with van der Waals surface area (Å²) in [6.07, 6.45) is 4.31. The van der Waals surface area contributed by atoms with Crippen molar-refractivity contribution in [1.29, 1.82) is 0 Å². The van der Waals surface area contributed by atoms with Crippen LogP contribution < -0.4 is 31.4 Å². The summed E-state index contributed by atoms with van der Waals surface area (Å²) in [5.74, 6) is 2.66. The monoisotopic (exact) mass is 524 g/mol. The fourth-order valence-electron chi connectivity index (χ4n) is 4.27. The number of anilines is 1. The Bertz CT molecular complexity index is 901. The van der Waals surface area contributed by atoms with Crippen molar-refractivity contribution in [3.05, 3.63) is 52.5 Å². The molecular formula is C22H26Br2N2O3. The van der Waals surface area contributed by atoms with E-state index in [4.69, 9.17) is 9.47 Å². The average Bonchev–Trinajstić information content (AvgIpc) is 2.87. The van der Waals surface area contributed by atoms with Gasteiger partial charge in [0.25, 0.3) is 11.6 Å². The van der Waals surface area contributed by atoms with Crippen LogP contribution in [0.4, 0.5) is 5.69 Å². The van der Waals surface area contributed by atoms with Gasteiger partial charge in [-0.1, -0.05) is 28.1 Å². The summed E-state index contributed by atoms with van der Waals surface area (Å²) in [4.78, 5) is 2.21. The van der Waals surface area contributed by atoms with Gasteiger partial charge in [-0.2, -0.15) is 0 Å². The van der Waals surface area contributed by atoms with Gasteiger partial charge in [0.1, 0.15) is 5.75 Å². The molecule has 2 aromatic carbocycles. The SMILES string of the molecule is COc1ccc(N2CC(O)(c3ccc(Br)cc3)[N+]3=C2CCCCC3)c(OC)c1.[Br-]. The number of nitrogens with zero attached hydrogens (tertiary/aromatic N) is 2. The maximum atomic E-state index is 11.9. The second-order valence-electron chi connectivity index (χ2n) is 7.33. The molecule has 1 N–H and O–H groups in total. The molecule has 0 saturated carbocycles. The van der Waals surface area contributed by atoms with E-state index in [1.165, 1.54) is 6.42 Å². The van der Waals surface area contributed by atoms with E-state index in [2.05, 4.69) is 25.4 Å². The summed E-state index contributed by atoms with van der Waals surface area (Å²) < 4.78 is 14.2. The summed E-state index contributed by atoms with van der Waals surface area (Å²) in [6, 6.07) is 13.8. The maximum Gasteiger partial charge on any atom is 0.271 e. The Morgan fingerprint density at radius 1 is 1.03 bits per heavy atom. The van der Waals surface area contributed by atoms with Crippen LogP contribution in [0.2, 0.25) is 0 Å². The highest BCUT2D eigenvalue weighted by Crippen LogP contribution is 2.40. The van der Waals surface area contributed by atoms with E-state index >= 15 is 0 Å². The topological polar surface area (TPSA) is 44.9 Å². The van der Waals surface area contributed by atoms with Gasteiger partial charge in [0.15, 0.2) is 18.0 Å². The van der Waals surface area contributed by atoms with Crippen LogP contribution in [-0.2, 0) is 5.72 Å². The van der Waals surface area contributed by atoms with Crippen molar-refractivity contribution in [2.45, 2.75) is 31.4 Å². The van der Waals surface area contributed by atoms with Crippen molar-refractivity contribution in [3.63, 3.8) is 0 Å². The third-order valence-electron chi connectivity index (χ3n) is 5.71. The van der Waals surface area contributed by atoms with Crippen LogP contribution >= 0.6 is 15.9 Å². The summed E-state index contributed by atoms with van der Waals surface area (Å²) in [5.41, 5.74) is 0.800. The van der Waals surface area contributed by atoms with Crippen molar-refractivity contribution >= 4 is 27.5 Å². The zero-order valence-electron chi connectivity index (χ0n) is 16.7. The maximum absolute atomic E-state index is 11.9. The van der Waals surface area contributed by atoms with Gasteiger partial charge >= 0.3 is 0 Å². The van der Waals surface area contributed by atoms with Crippen LogP contribution in [0.3, 0.4) is 0 Å². The molecule has 0 bridgehead atoms. The zero-order chi connectivity index (χ0) is 19.7. The molecule has 0 spiro atoms. The van der Waals surface area contributed by atoms with Crippen molar-refractivity contribution < 1.29 is 36.1 Å². The molecule has 4 rings (SSSR count). The van der Waals surface area contributed by atoms with Gasteiger partial charge in [-0.05, 0) is 43.5 Å². The molecule has 2 aliphatic heterocycles. The fraction of sp³-hybridized carbons (Fsp3) is 0.409. The lowest BCUT2D eigenvalue weighted by atomic mass is 10.0. The molecule has 0 saturated heterocycles. The second-order valence-corrected chi connectivity index (χ2v) is 8.24. The first-order valence-electron chi connectivity index (χ1n) is 9.68. The Balaban J connectivity index is 0.00000240. The molecular weight excluding hydrogens is 500 g/mol. The molecule has 0 radical (unpaired) electrons.